The maximum Gasteiger partial charge on any atom is 0.498 e. The highest BCUT2D eigenvalue weighted by atomic mass is 79.9. The second-order valence-electron chi connectivity index (χ2n) is 13.5. The SMILES string of the molecule is CCOP(=O)(Cc1cc(OC)c(Nc2ncc(C(F)(F)F)c(Nc3ccc(Br)nc3C(=O)NC)n2)cc1Cl)OCCCn1cc(B2OC(C)(C)C(C)(C)O2)cn1. The second-order valence-corrected chi connectivity index (χ2v) is 16.7. The van der Waals surface area contributed by atoms with E-state index in [1.807, 2.05) is 33.9 Å². The molecule has 302 valence electrons. The van der Waals surface area contributed by atoms with Gasteiger partial charge in [0.25, 0.3) is 5.91 Å². The van der Waals surface area contributed by atoms with Gasteiger partial charge in [-0.3, -0.25) is 14.0 Å². The Morgan fingerprint density at radius 2 is 1.79 bits per heavy atom. The average Bonchev–Trinajstić information content (AvgIpc) is 3.68. The van der Waals surface area contributed by atoms with Crippen molar-refractivity contribution in [3.8, 4) is 5.75 Å². The van der Waals surface area contributed by atoms with Crippen molar-refractivity contribution >= 4 is 76.8 Å². The van der Waals surface area contributed by atoms with Gasteiger partial charge in [-0.05, 0) is 86.8 Å². The fourth-order valence-electron chi connectivity index (χ4n) is 5.37. The van der Waals surface area contributed by atoms with Crippen molar-refractivity contribution in [1.82, 2.24) is 30.0 Å². The molecular weight excluding hydrogens is 847 g/mol. The molecule has 0 saturated carbocycles. The van der Waals surface area contributed by atoms with Gasteiger partial charge in [0, 0.05) is 42.7 Å². The molecular formula is C34H41BBrClF3N8O7P. The van der Waals surface area contributed by atoms with Crippen LogP contribution in [0.1, 0.15) is 62.7 Å². The summed E-state index contributed by atoms with van der Waals surface area (Å²) in [6.45, 7) is 10.2. The highest BCUT2D eigenvalue weighted by Gasteiger charge is 2.52. The van der Waals surface area contributed by atoms with Crippen molar-refractivity contribution in [1.29, 1.82) is 0 Å². The Bertz CT molecular complexity index is 2100. The van der Waals surface area contributed by atoms with Crippen LogP contribution in [-0.2, 0) is 41.8 Å². The van der Waals surface area contributed by atoms with Crippen LogP contribution in [0.25, 0.3) is 0 Å². The van der Waals surface area contributed by atoms with Gasteiger partial charge in [-0.15, -0.1) is 0 Å². The van der Waals surface area contributed by atoms with Crippen LogP contribution >= 0.6 is 35.1 Å². The van der Waals surface area contributed by atoms with E-state index in [4.69, 9.17) is 34.7 Å². The summed E-state index contributed by atoms with van der Waals surface area (Å²) in [6, 6.07) is 5.76. The lowest BCUT2D eigenvalue weighted by molar-refractivity contribution is -0.137. The number of benzene rings is 1. The summed E-state index contributed by atoms with van der Waals surface area (Å²) in [5, 5.41) is 12.3. The number of ether oxygens (including phenoxy) is 1. The Morgan fingerprint density at radius 1 is 1.07 bits per heavy atom. The Hall–Kier alpha value is -3.78. The van der Waals surface area contributed by atoms with Gasteiger partial charge in [0.05, 0.1) is 49.1 Å². The number of halogens is 5. The Morgan fingerprint density at radius 3 is 2.43 bits per heavy atom. The third kappa shape index (κ3) is 10.2. The first kappa shape index (κ1) is 43.3. The van der Waals surface area contributed by atoms with Crippen molar-refractivity contribution in [2.75, 3.05) is 38.0 Å². The van der Waals surface area contributed by atoms with Gasteiger partial charge >= 0.3 is 20.9 Å². The summed E-state index contributed by atoms with van der Waals surface area (Å²) >= 11 is 9.81. The number of aryl methyl sites for hydroxylation is 1. The molecule has 1 aliphatic rings. The summed E-state index contributed by atoms with van der Waals surface area (Å²) < 4.78 is 87.2. The normalized spacial score (nSPS) is 16.0. The fourth-order valence-corrected chi connectivity index (χ4v) is 7.74. The lowest BCUT2D eigenvalue weighted by Gasteiger charge is -2.32. The molecule has 15 nitrogen and oxygen atoms in total. The summed E-state index contributed by atoms with van der Waals surface area (Å²) in [5.41, 5.74) is -1.05. The first-order chi connectivity index (χ1) is 26.3. The highest BCUT2D eigenvalue weighted by Crippen LogP contribution is 2.53. The minimum atomic E-state index is -4.85. The molecule has 1 aliphatic heterocycles. The van der Waals surface area contributed by atoms with Gasteiger partial charge in [-0.1, -0.05) is 11.6 Å². The van der Waals surface area contributed by atoms with Crippen molar-refractivity contribution < 1.29 is 45.6 Å². The Kier molecular flexibility index (Phi) is 13.5. The lowest BCUT2D eigenvalue weighted by atomic mass is 9.82. The van der Waals surface area contributed by atoms with Gasteiger partial charge in [0.1, 0.15) is 21.7 Å². The maximum absolute atomic E-state index is 14.0. The van der Waals surface area contributed by atoms with Crippen LogP contribution in [0.2, 0.25) is 5.02 Å². The number of nitrogens with one attached hydrogen (secondary N) is 3. The number of anilines is 4. The number of methoxy groups -OCH3 is 1. The predicted molar refractivity (Wildman–Crippen MR) is 208 cm³/mol. The van der Waals surface area contributed by atoms with Gasteiger partial charge in [-0.25, -0.2) is 9.97 Å². The van der Waals surface area contributed by atoms with Crippen LogP contribution in [0, 0.1) is 0 Å². The van der Waals surface area contributed by atoms with Gasteiger partial charge in [0.15, 0.2) is 5.69 Å². The zero-order chi connectivity index (χ0) is 41.1. The fraction of sp³-hybridized carbons (Fsp3) is 0.441. The van der Waals surface area contributed by atoms with Gasteiger partial charge in [-0.2, -0.15) is 23.3 Å². The van der Waals surface area contributed by atoms with E-state index in [0.717, 1.165) is 5.46 Å². The van der Waals surface area contributed by atoms with Crippen LogP contribution < -0.4 is 26.2 Å². The molecule has 3 N–H and O–H groups in total. The summed E-state index contributed by atoms with van der Waals surface area (Å²) in [7, 11) is -1.55. The zero-order valence-electron chi connectivity index (χ0n) is 31.6. The predicted octanol–water partition coefficient (Wildman–Crippen LogP) is 7.49. The molecule has 0 bridgehead atoms. The van der Waals surface area contributed by atoms with Crippen molar-refractivity contribution in [2.45, 2.75) is 71.1 Å². The summed E-state index contributed by atoms with van der Waals surface area (Å²) in [4.78, 5) is 24.4. The van der Waals surface area contributed by atoms with E-state index in [9.17, 15) is 22.5 Å². The first-order valence-corrected chi connectivity index (χ1v) is 20.2. The van der Waals surface area contributed by atoms with E-state index in [1.54, 1.807) is 17.8 Å². The number of carbonyl (C=O) groups excluding carboxylic acids is 1. The number of nitrogens with zero attached hydrogens (tertiary/aromatic N) is 5. The summed E-state index contributed by atoms with van der Waals surface area (Å²) in [5.74, 6) is -1.38. The largest absolute Gasteiger partial charge is 0.498 e. The minimum absolute atomic E-state index is 0.0398. The molecule has 1 aromatic carbocycles. The topological polar surface area (TPSA) is 173 Å². The highest BCUT2D eigenvalue weighted by molar-refractivity contribution is 9.10. The summed E-state index contributed by atoms with van der Waals surface area (Å²) in [6.07, 6.45) is -0.489. The molecule has 4 heterocycles. The molecule has 1 saturated heterocycles. The molecule has 1 atom stereocenters. The molecule has 22 heteroatoms. The van der Waals surface area contributed by atoms with Crippen molar-refractivity contribution in [3.63, 3.8) is 0 Å². The molecule has 1 amide bonds. The lowest BCUT2D eigenvalue weighted by Crippen LogP contribution is -2.41. The van der Waals surface area contributed by atoms with E-state index in [-0.39, 0.29) is 53.2 Å². The molecule has 1 fully saturated rings. The monoisotopic (exact) mass is 886 g/mol. The molecule has 0 radical (unpaired) electrons. The number of hydrogen-bond donors (Lipinski definition) is 3. The Labute approximate surface area is 335 Å². The smallest absolute Gasteiger partial charge is 0.495 e. The van der Waals surface area contributed by atoms with Crippen molar-refractivity contribution in [3.05, 3.63) is 69.3 Å². The molecule has 0 aliphatic carbocycles. The third-order valence-electron chi connectivity index (χ3n) is 8.95. The number of pyridine rings is 1. The van der Waals surface area contributed by atoms with Gasteiger partial charge < -0.3 is 39.0 Å². The number of rotatable bonds is 16. The minimum Gasteiger partial charge on any atom is -0.495 e. The van der Waals surface area contributed by atoms with Crippen LogP contribution in [0.15, 0.2) is 47.5 Å². The van der Waals surface area contributed by atoms with Crippen molar-refractivity contribution in [2.24, 2.45) is 0 Å². The molecule has 5 rings (SSSR count). The van der Waals surface area contributed by atoms with Crippen LogP contribution in [0.3, 0.4) is 0 Å². The molecule has 0 spiro atoms. The number of hydrogen-bond acceptors (Lipinski definition) is 13. The molecule has 3 aromatic heterocycles. The molecule has 4 aromatic rings. The number of alkyl halides is 3. The van der Waals surface area contributed by atoms with Gasteiger partial charge in [0.2, 0.25) is 5.95 Å². The molecule has 1 unspecified atom stereocenters. The quantitative estimate of drug-likeness (QED) is 0.0438. The van der Waals surface area contributed by atoms with Crippen LogP contribution in [0.4, 0.5) is 36.3 Å². The molecule has 56 heavy (non-hydrogen) atoms. The Balaban J connectivity index is 1.28. The van der Waals surface area contributed by atoms with E-state index < -0.39 is 49.4 Å². The first-order valence-electron chi connectivity index (χ1n) is 17.3. The standard InChI is InChI=1S/C34H41BBrClF3N8O7P/c1-8-52-56(50,53-13-9-12-48-18-21(16-43-48)35-54-32(2,3)33(4,5)55-35)19-20-14-26(51-7)25(15-23(20)37)45-31-42-17-22(34(38,39)40)29(47-31)44-24-10-11-27(36)46-28(24)30(49)41-6/h10-11,14-18H,8-9,12-13,19H2,1-7H3,(H,41,49)(H2,42,44,45,47). The van der Waals surface area contributed by atoms with E-state index >= 15 is 0 Å². The van der Waals surface area contributed by atoms with E-state index in [1.165, 1.54) is 38.4 Å². The van der Waals surface area contributed by atoms with Crippen LogP contribution in [-0.4, -0.2) is 76.3 Å². The zero-order valence-corrected chi connectivity index (χ0v) is 34.8. The third-order valence-corrected chi connectivity index (χ3v) is 11.7. The van der Waals surface area contributed by atoms with Crippen LogP contribution in [0.5, 0.6) is 5.75 Å². The number of aromatic nitrogens is 5. The van der Waals surface area contributed by atoms with E-state index in [2.05, 4.69) is 51.9 Å². The second kappa shape index (κ2) is 17.4. The average molecular weight is 888 g/mol. The number of amides is 1. The number of carbonyl (C=O) groups is 1. The van der Waals surface area contributed by atoms with E-state index in [0.29, 0.717) is 29.3 Å². The maximum atomic E-state index is 14.0.